The van der Waals surface area contributed by atoms with Crippen molar-refractivity contribution in [3.8, 4) is 5.75 Å². The van der Waals surface area contributed by atoms with Crippen LogP contribution in [-0.2, 0) is 11.3 Å². The molecule has 3 N–H and O–H groups in total. The second-order valence-electron chi connectivity index (χ2n) is 7.64. The molecule has 1 heterocycles. The number of halogens is 1. The summed E-state index contributed by atoms with van der Waals surface area (Å²) in [5.74, 6) is 0.527. The van der Waals surface area contributed by atoms with Crippen molar-refractivity contribution in [1.29, 1.82) is 0 Å². The molecule has 0 saturated carbocycles. The van der Waals surface area contributed by atoms with Gasteiger partial charge in [-0.3, -0.25) is 25.8 Å². The van der Waals surface area contributed by atoms with E-state index in [4.69, 9.17) is 17.0 Å². The van der Waals surface area contributed by atoms with Gasteiger partial charge in [0.25, 0.3) is 11.8 Å². The fourth-order valence-corrected chi connectivity index (χ4v) is 3.61. The highest BCUT2D eigenvalue weighted by atomic mass is 79.9. The van der Waals surface area contributed by atoms with Crippen molar-refractivity contribution >= 4 is 56.0 Å². The summed E-state index contributed by atoms with van der Waals surface area (Å²) < 4.78 is 8.24. The summed E-state index contributed by atoms with van der Waals surface area (Å²) in [7, 11) is 0. The molecule has 0 aliphatic heterocycles. The third-order valence-corrected chi connectivity index (χ3v) is 5.51. The number of amides is 2. The smallest absolute Gasteiger partial charge is 0.258 e. The number of nitrogens with one attached hydrogen (secondary N) is 3. The normalized spacial score (nSPS) is 10.8. The number of thiocarbonyl (C=S) groups is 1. The summed E-state index contributed by atoms with van der Waals surface area (Å²) in [6.45, 7) is 4.98. The minimum atomic E-state index is -0.400. The van der Waals surface area contributed by atoms with Gasteiger partial charge in [-0.05, 0) is 76.2 Å². The van der Waals surface area contributed by atoms with Gasteiger partial charge in [0.2, 0.25) is 0 Å². The van der Waals surface area contributed by atoms with Gasteiger partial charge in [-0.1, -0.05) is 32.0 Å². The molecule has 32 heavy (non-hydrogen) atoms. The van der Waals surface area contributed by atoms with Gasteiger partial charge in [0.1, 0.15) is 12.3 Å². The minimum absolute atomic E-state index is 0.00547. The predicted molar refractivity (Wildman–Crippen MR) is 132 cm³/mol. The molecule has 3 rings (SSSR count). The largest absolute Gasteiger partial charge is 0.492 e. The molecule has 0 bridgehead atoms. The van der Waals surface area contributed by atoms with Crippen LogP contribution in [-0.4, -0.2) is 28.1 Å². The first-order chi connectivity index (χ1) is 15.3. The maximum atomic E-state index is 12.5. The van der Waals surface area contributed by atoms with Gasteiger partial charge >= 0.3 is 0 Å². The summed E-state index contributed by atoms with van der Waals surface area (Å²) in [4.78, 5) is 24.7. The maximum absolute atomic E-state index is 12.5. The number of carbonyl (C=O) groups is 2. The van der Waals surface area contributed by atoms with Gasteiger partial charge in [-0.15, -0.1) is 0 Å². The van der Waals surface area contributed by atoms with Crippen LogP contribution >= 0.6 is 28.1 Å². The van der Waals surface area contributed by atoms with Crippen molar-refractivity contribution in [2.24, 2.45) is 5.92 Å². The maximum Gasteiger partial charge on any atom is 0.258 e. The van der Waals surface area contributed by atoms with Crippen LogP contribution in [0, 0.1) is 5.92 Å². The molecular formula is C23H25BrN4O3S. The summed E-state index contributed by atoms with van der Waals surface area (Å²) >= 11 is 8.54. The molecule has 0 saturated heterocycles. The lowest BCUT2D eigenvalue weighted by molar-refractivity contribution is -0.122. The van der Waals surface area contributed by atoms with Gasteiger partial charge in [0.15, 0.2) is 5.11 Å². The molecule has 0 spiro atoms. The van der Waals surface area contributed by atoms with Gasteiger partial charge < -0.3 is 9.30 Å². The van der Waals surface area contributed by atoms with Crippen molar-refractivity contribution in [2.75, 3.05) is 6.61 Å². The third kappa shape index (κ3) is 6.54. The van der Waals surface area contributed by atoms with Gasteiger partial charge in [0.05, 0.1) is 11.1 Å². The summed E-state index contributed by atoms with van der Waals surface area (Å²) in [5, 5.41) is 3.59. The lowest BCUT2D eigenvalue weighted by Gasteiger charge is -2.13. The zero-order valence-corrected chi connectivity index (χ0v) is 20.3. The van der Waals surface area contributed by atoms with E-state index >= 15 is 0 Å². The van der Waals surface area contributed by atoms with Crippen LogP contribution < -0.4 is 20.9 Å². The van der Waals surface area contributed by atoms with Crippen molar-refractivity contribution < 1.29 is 14.3 Å². The number of carbonyl (C=O) groups excluding carboxylic acids is 2. The zero-order valence-electron chi connectivity index (χ0n) is 17.9. The molecule has 2 amide bonds. The number of rotatable bonds is 7. The second-order valence-corrected chi connectivity index (χ2v) is 8.90. The Morgan fingerprint density at radius 2 is 1.91 bits per heavy atom. The number of ether oxygens (including phenoxy) is 1. The molecule has 0 fully saturated rings. The Hall–Kier alpha value is -2.91. The van der Waals surface area contributed by atoms with Crippen LogP contribution in [0.3, 0.4) is 0 Å². The molecular weight excluding hydrogens is 492 g/mol. The summed E-state index contributed by atoms with van der Waals surface area (Å²) in [6, 6.07) is 14.8. The van der Waals surface area contributed by atoms with E-state index in [-0.39, 0.29) is 17.6 Å². The first kappa shape index (κ1) is 23.7. The molecule has 3 aromatic rings. The highest BCUT2D eigenvalue weighted by Gasteiger charge is 2.12. The number of aromatic nitrogens is 1. The molecule has 0 aliphatic carbocycles. The van der Waals surface area contributed by atoms with Gasteiger partial charge in [-0.25, -0.2) is 0 Å². The number of benzene rings is 2. The number of hydrogen-bond acceptors (Lipinski definition) is 4. The van der Waals surface area contributed by atoms with Crippen LogP contribution in [0.5, 0.6) is 5.75 Å². The SMILES string of the molecule is CC(C)CCOc1ccc(C(=O)NC(=S)NNC(=O)Cn2ccc3ccccc32)cc1Br. The average molecular weight is 517 g/mol. The molecule has 0 atom stereocenters. The van der Waals surface area contributed by atoms with Crippen molar-refractivity contribution in [3.63, 3.8) is 0 Å². The quantitative estimate of drug-likeness (QED) is 0.324. The summed E-state index contributed by atoms with van der Waals surface area (Å²) in [6.07, 6.45) is 2.79. The van der Waals surface area contributed by atoms with E-state index in [9.17, 15) is 9.59 Å². The molecule has 0 unspecified atom stereocenters. The second kappa shape index (κ2) is 11.1. The van der Waals surface area contributed by atoms with Crippen LogP contribution in [0.15, 0.2) is 59.2 Å². The third-order valence-electron chi connectivity index (χ3n) is 4.68. The monoisotopic (exact) mass is 516 g/mol. The Balaban J connectivity index is 1.47. The molecule has 168 valence electrons. The van der Waals surface area contributed by atoms with Crippen LogP contribution in [0.1, 0.15) is 30.6 Å². The van der Waals surface area contributed by atoms with E-state index in [1.165, 1.54) is 0 Å². The highest BCUT2D eigenvalue weighted by molar-refractivity contribution is 9.10. The van der Waals surface area contributed by atoms with E-state index in [1.807, 2.05) is 41.1 Å². The Morgan fingerprint density at radius 3 is 2.66 bits per heavy atom. The van der Waals surface area contributed by atoms with E-state index in [2.05, 4.69) is 45.9 Å². The Kier molecular flexibility index (Phi) is 8.24. The van der Waals surface area contributed by atoms with E-state index in [0.717, 1.165) is 17.3 Å². The topological polar surface area (TPSA) is 84.4 Å². The fraction of sp³-hybridized carbons (Fsp3) is 0.261. The predicted octanol–water partition coefficient (Wildman–Crippen LogP) is 4.16. The lowest BCUT2D eigenvalue weighted by Crippen LogP contribution is -2.49. The van der Waals surface area contributed by atoms with Gasteiger partial charge in [0, 0.05) is 17.3 Å². The van der Waals surface area contributed by atoms with Crippen molar-refractivity contribution in [2.45, 2.75) is 26.8 Å². The van der Waals surface area contributed by atoms with Crippen LogP contribution in [0.4, 0.5) is 0 Å². The van der Waals surface area contributed by atoms with Crippen molar-refractivity contribution in [3.05, 3.63) is 64.8 Å². The molecule has 1 aromatic heterocycles. The molecule has 7 nitrogen and oxygen atoms in total. The fourth-order valence-electron chi connectivity index (χ4n) is 2.97. The Bertz CT molecular complexity index is 1130. The number of para-hydroxylation sites is 1. The zero-order chi connectivity index (χ0) is 23.1. The van der Waals surface area contributed by atoms with Crippen molar-refractivity contribution in [1.82, 2.24) is 20.7 Å². The highest BCUT2D eigenvalue weighted by Crippen LogP contribution is 2.26. The van der Waals surface area contributed by atoms with E-state index < -0.39 is 5.91 Å². The van der Waals surface area contributed by atoms with Crippen LogP contribution in [0.2, 0.25) is 0 Å². The molecule has 2 aromatic carbocycles. The Morgan fingerprint density at radius 1 is 1.12 bits per heavy atom. The first-order valence-electron chi connectivity index (χ1n) is 10.2. The standard InChI is InChI=1S/C23H25BrN4O3S/c1-15(2)10-12-31-20-8-7-17(13-18(20)24)22(30)25-23(32)27-26-21(29)14-28-11-9-16-5-3-4-6-19(16)28/h3-9,11,13,15H,10,12,14H2,1-2H3,(H,26,29)(H2,25,27,30,32). The van der Waals surface area contributed by atoms with Gasteiger partial charge in [-0.2, -0.15) is 0 Å². The van der Waals surface area contributed by atoms with Crippen LogP contribution in [0.25, 0.3) is 10.9 Å². The lowest BCUT2D eigenvalue weighted by atomic mass is 10.1. The summed E-state index contributed by atoms with van der Waals surface area (Å²) in [5.41, 5.74) is 6.42. The minimum Gasteiger partial charge on any atom is -0.492 e. The molecule has 0 aliphatic rings. The molecule has 0 radical (unpaired) electrons. The number of fused-ring (bicyclic) bond motifs is 1. The Labute approximate surface area is 200 Å². The number of nitrogens with zero attached hydrogens (tertiary/aromatic N) is 1. The average Bonchev–Trinajstić information content (AvgIpc) is 3.16. The number of hydrazine groups is 1. The first-order valence-corrected chi connectivity index (χ1v) is 11.4. The molecule has 9 heteroatoms. The van der Waals surface area contributed by atoms with E-state index in [1.54, 1.807) is 18.2 Å². The van der Waals surface area contributed by atoms with E-state index in [0.29, 0.717) is 28.3 Å². The number of hydrogen-bond donors (Lipinski definition) is 3.